The van der Waals surface area contributed by atoms with E-state index in [9.17, 15) is 5.11 Å². The maximum absolute atomic E-state index is 9.72. The number of rotatable bonds is 1. The molecule has 1 aromatic heterocycles. The van der Waals surface area contributed by atoms with Gasteiger partial charge < -0.3 is 9.63 Å². The Morgan fingerprint density at radius 1 is 1.38 bits per heavy atom. The number of fused-ring (bicyclic) bond motifs is 1. The molecule has 13 heavy (non-hydrogen) atoms. The van der Waals surface area contributed by atoms with Crippen LogP contribution < -0.4 is 0 Å². The number of aliphatic hydroxyl groups is 1. The molecular formula is C10H11NO2. The van der Waals surface area contributed by atoms with Crippen molar-refractivity contribution in [2.45, 2.75) is 19.4 Å². The van der Waals surface area contributed by atoms with Gasteiger partial charge in [0.2, 0.25) is 0 Å². The van der Waals surface area contributed by atoms with Crippen LogP contribution >= 0.6 is 0 Å². The Hall–Kier alpha value is -1.35. The molecule has 0 atom stereocenters. The highest BCUT2D eigenvalue weighted by Crippen LogP contribution is 2.23. The molecule has 68 valence electrons. The summed E-state index contributed by atoms with van der Waals surface area (Å²) in [7, 11) is 0. The van der Waals surface area contributed by atoms with Crippen molar-refractivity contribution in [2.75, 3.05) is 0 Å². The van der Waals surface area contributed by atoms with Crippen LogP contribution in [0.25, 0.3) is 11.0 Å². The van der Waals surface area contributed by atoms with E-state index in [1.807, 2.05) is 18.2 Å². The van der Waals surface area contributed by atoms with Crippen LogP contribution in [0.15, 0.2) is 28.9 Å². The molecule has 0 bridgehead atoms. The smallest absolute Gasteiger partial charge is 0.167 e. The first-order valence-electron chi connectivity index (χ1n) is 4.15. The van der Waals surface area contributed by atoms with Crippen LogP contribution in [0.3, 0.4) is 0 Å². The largest absolute Gasteiger partial charge is 0.386 e. The lowest BCUT2D eigenvalue weighted by Crippen LogP contribution is -2.14. The molecule has 3 heteroatoms. The maximum Gasteiger partial charge on any atom is 0.167 e. The Kier molecular flexibility index (Phi) is 1.63. The molecule has 0 aliphatic heterocycles. The molecule has 0 amide bonds. The number of hydrogen-bond donors (Lipinski definition) is 1. The molecule has 0 aliphatic carbocycles. The molecular weight excluding hydrogens is 166 g/mol. The number of benzene rings is 1. The molecule has 0 saturated heterocycles. The van der Waals surface area contributed by atoms with Crippen molar-refractivity contribution in [3.05, 3.63) is 30.0 Å². The highest BCUT2D eigenvalue weighted by atomic mass is 16.5. The Morgan fingerprint density at radius 2 is 2.15 bits per heavy atom. The van der Waals surface area contributed by atoms with Crippen molar-refractivity contribution < 1.29 is 9.63 Å². The first kappa shape index (κ1) is 8.26. The van der Waals surface area contributed by atoms with E-state index in [-0.39, 0.29) is 0 Å². The molecule has 0 unspecified atom stereocenters. The minimum atomic E-state index is -0.832. The summed E-state index contributed by atoms with van der Waals surface area (Å²) in [5.41, 5.74) is 0.706. The zero-order valence-corrected chi connectivity index (χ0v) is 7.61. The van der Waals surface area contributed by atoms with Crippen molar-refractivity contribution in [1.29, 1.82) is 0 Å². The second-order valence-electron chi connectivity index (χ2n) is 3.64. The minimum absolute atomic E-state index is 0.708. The molecule has 1 aromatic carbocycles. The fourth-order valence-electron chi connectivity index (χ4n) is 1.24. The van der Waals surface area contributed by atoms with Crippen molar-refractivity contribution in [3.63, 3.8) is 0 Å². The van der Waals surface area contributed by atoms with Gasteiger partial charge in [-0.25, -0.2) is 0 Å². The fraction of sp³-hybridized carbons (Fsp3) is 0.300. The van der Waals surface area contributed by atoms with Crippen LogP contribution in [0.1, 0.15) is 19.4 Å². The van der Waals surface area contributed by atoms with Gasteiger partial charge in [0.25, 0.3) is 0 Å². The topological polar surface area (TPSA) is 46.3 Å². The summed E-state index contributed by atoms with van der Waals surface area (Å²) in [6.45, 7) is 3.48. The summed E-state index contributed by atoms with van der Waals surface area (Å²) >= 11 is 0. The first-order valence-corrected chi connectivity index (χ1v) is 4.15. The zero-order valence-electron chi connectivity index (χ0n) is 7.61. The summed E-state index contributed by atoms with van der Waals surface area (Å²) in [5.74, 6) is 0. The molecule has 2 aromatic rings. The Bertz CT molecular complexity index is 426. The monoisotopic (exact) mass is 177 g/mol. The highest BCUT2D eigenvalue weighted by molar-refractivity contribution is 5.76. The predicted octanol–water partition coefficient (Wildman–Crippen LogP) is 2.06. The van der Waals surface area contributed by atoms with Crippen LogP contribution in [0.5, 0.6) is 0 Å². The van der Waals surface area contributed by atoms with E-state index >= 15 is 0 Å². The highest BCUT2D eigenvalue weighted by Gasteiger charge is 2.16. The second-order valence-corrected chi connectivity index (χ2v) is 3.64. The van der Waals surface area contributed by atoms with Gasteiger partial charge in [-0.2, -0.15) is 0 Å². The Balaban J connectivity index is 2.61. The fourth-order valence-corrected chi connectivity index (χ4v) is 1.24. The van der Waals surface area contributed by atoms with Gasteiger partial charge in [0, 0.05) is 5.39 Å². The SMILES string of the molecule is CC(C)(O)c1ccc2cnoc2c1. The lowest BCUT2D eigenvalue weighted by molar-refractivity contribution is 0.0786. The molecule has 0 fully saturated rings. The van der Waals surface area contributed by atoms with Crippen molar-refractivity contribution in [3.8, 4) is 0 Å². The maximum atomic E-state index is 9.72. The van der Waals surface area contributed by atoms with E-state index in [0.29, 0.717) is 5.58 Å². The van der Waals surface area contributed by atoms with Crippen LogP contribution in [0, 0.1) is 0 Å². The van der Waals surface area contributed by atoms with Gasteiger partial charge >= 0.3 is 0 Å². The molecule has 0 aliphatic rings. The molecule has 1 heterocycles. The summed E-state index contributed by atoms with van der Waals surface area (Å²) < 4.78 is 4.99. The second kappa shape index (κ2) is 2.57. The molecule has 1 N–H and O–H groups in total. The van der Waals surface area contributed by atoms with E-state index in [1.54, 1.807) is 20.0 Å². The van der Waals surface area contributed by atoms with E-state index < -0.39 is 5.60 Å². The molecule has 0 saturated carbocycles. The van der Waals surface area contributed by atoms with E-state index in [0.717, 1.165) is 10.9 Å². The predicted molar refractivity (Wildman–Crippen MR) is 49.3 cm³/mol. The van der Waals surface area contributed by atoms with Gasteiger partial charge in [-0.05, 0) is 31.5 Å². The summed E-state index contributed by atoms with van der Waals surface area (Å²) in [4.78, 5) is 0. The minimum Gasteiger partial charge on any atom is -0.386 e. The van der Waals surface area contributed by atoms with Crippen LogP contribution in [-0.4, -0.2) is 10.3 Å². The quantitative estimate of drug-likeness (QED) is 0.725. The Labute approximate surface area is 76.0 Å². The molecule has 0 radical (unpaired) electrons. The zero-order chi connectivity index (χ0) is 9.47. The standard InChI is InChI=1S/C10H11NO2/c1-10(2,12)8-4-3-7-6-11-13-9(7)5-8/h3-6,12H,1-2H3. The van der Waals surface area contributed by atoms with Gasteiger partial charge in [-0.1, -0.05) is 11.2 Å². The number of aromatic nitrogens is 1. The van der Waals surface area contributed by atoms with Gasteiger partial charge in [0.05, 0.1) is 11.8 Å². The van der Waals surface area contributed by atoms with Crippen LogP contribution in [-0.2, 0) is 5.60 Å². The summed E-state index contributed by atoms with van der Waals surface area (Å²) in [5, 5.41) is 14.3. The number of hydrogen-bond acceptors (Lipinski definition) is 3. The lowest BCUT2D eigenvalue weighted by atomic mass is 9.98. The normalized spacial score (nSPS) is 12.2. The third kappa shape index (κ3) is 1.42. The Morgan fingerprint density at radius 3 is 2.85 bits per heavy atom. The molecule has 2 rings (SSSR count). The van der Waals surface area contributed by atoms with E-state index in [4.69, 9.17) is 4.52 Å². The van der Waals surface area contributed by atoms with Gasteiger partial charge in [0.15, 0.2) is 5.58 Å². The van der Waals surface area contributed by atoms with Gasteiger partial charge in [-0.15, -0.1) is 0 Å². The molecule has 3 nitrogen and oxygen atoms in total. The first-order chi connectivity index (χ1) is 6.07. The van der Waals surface area contributed by atoms with Crippen molar-refractivity contribution >= 4 is 11.0 Å². The van der Waals surface area contributed by atoms with E-state index in [2.05, 4.69) is 5.16 Å². The van der Waals surface area contributed by atoms with Crippen LogP contribution in [0.2, 0.25) is 0 Å². The average molecular weight is 177 g/mol. The molecule has 0 spiro atoms. The third-order valence-corrected chi connectivity index (χ3v) is 2.06. The van der Waals surface area contributed by atoms with Gasteiger partial charge in [0.1, 0.15) is 0 Å². The third-order valence-electron chi connectivity index (χ3n) is 2.06. The summed E-state index contributed by atoms with van der Waals surface area (Å²) in [6, 6.07) is 5.57. The van der Waals surface area contributed by atoms with Crippen molar-refractivity contribution in [2.24, 2.45) is 0 Å². The van der Waals surface area contributed by atoms with E-state index in [1.165, 1.54) is 0 Å². The summed E-state index contributed by atoms with van der Waals surface area (Å²) in [6.07, 6.45) is 1.66. The average Bonchev–Trinajstić information content (AvgIpc) is 2.47. The lowest BCUT2D eigenvalue weighted by Gasteiger charge is -2.16. The van der Waals surface area contributed by atoms with Crippen LogP contribution in [0.4, 0.5) is 0 Å². The van der Waals surface area contributed by atoms with Gasteiger partial charge in [-0.3, -0.25) is 0 Å². The van der Waals surface area contributed by atoms with Crippen molar-refractivity contribution in [1.82, 2.24) is 5.16 Å². The number of nitrogens with zero attached hydrogens (tertiary/aromatic N) is 1.